The summed E-state index contributed by atoms with van der Waals surface area (Å²) in [7, 11) is 0. The third-order valence-electron chi connectivity index (χ3n) is 3.89. The van der Waals surface area contributed by atoms with Crippen molar-refractivity contribution in [3.8, 4) is 5.75 Å². The Hall–Kier alpha value is -3.05. The first kappa shape index (κ1) is 18.7. The van der Waals surface area contributed by atoms with E-state index in [2.05, 4.69) is 15.6 Å². The Bertz CT molecular complexity index is 942. The minimum atomic E-state index is -0.299. The molecule has 0 aliphatic carbocycles. The number of hydrogen-bond acceptors (Lipinski definition) is 4. The predicted molar refractivity (Wildman–Crippen MR) is 109 cm³/mol. The fraction of sp³-hybridized carbons (Fsp3) is 0.143. The number of nitrogens with zero attached hydrogens (tertiary/aromatic N) is 1. The molecule has 1 amide bonds. The molecule has 0 aliphatic rings. The van der Waals surface area contributed by atoms with Gasteiger partial charge in [-0.25, -0.2) is 4.98 Å². The van der Waals surface area contributed by atoms with Crippen molar-refractivity contribution in [3.63, 3.8) is 0 Å². The molecule has 3 rings (SSSR count). The summed E-state index contributed by atoms with van der Waals surface area (Å²) in [5.41, 5.74) is 3.56. The number of carbonyl (C=O) groups excluding carboxylic acids is 1. The summed E-state index contributed by atoms with van der Waals surface area (Å²) in [6.07, 6.45) is 1.61. The lowest BCUT2D eigenvalue weighted by Gasteiger charge is -2.11. The topological polar surface area (TPSA) is 63.2 Å². The number of pyridine rings is 1. The smallest absolute Gasteiger partial charge is 0.274 e. The molecule has 0 saturated carbocycles. The number of benzene rings is 2. The highest BCUT2D eigenvalue weighted by Gasteiger charge is 2.11. The zero-order valence-corrected chi connectivity index (χ0v) is 15.9. The van der Waals surface area contributed by atoms with Gasteiger partial charge in [-0.05, 0) is 55.8 Å². The summed E-state index contributed by atoms with van der Waals surface area (Å²) in [5, 5.41) is 6.74. The number of aryl methyl sites for hydroxylation is 1. The minimum Gasteiger partial charge on any atom is -0.492 e. The molecule has 0 unspecified atom stereocenters. The van der Waals surface area contributed by atoms with Crippen LogP contribution < -0.4 is 15.4 Å². The summed E-state index contributed by atoms with van der Waals surface area (Å²) < 4.78 is 5.52. The van der Waals surface area contributed by atoms with Gasteiger partial charge in [0.05, 0.1) is 24.2 Å². The number of para-hydroxylation sites is 2. The van der Waals surface area contributed by atoms with E-state index in [1.807, 2.05) is 50.2 Å². The summed E-state index contributed by atoms with van der Waals surface area (Å²) in [4.78, 5) is 16.7. The first-order chi connectivity index (χ1) is 13.1. The van der Waals surface area contributed by atoms with Crippen LogP contribution >= 0.6 is 11.6 Å². The lowest BCUT2D eigenvalue weighted by molar-refractivity contribution is 0.102. The highest BCUT2D eigenvalue weighted by atomic mass is 35.5. The number of anilines is 3. The Labute approximate surface area is 163 Å². The second-order valence-electron chi connectivity index (χ2n) is 5.90. The number of carbonyl (C=O) groups is 1. The van der Waals surface area contributed by atoms with Gasteiger partial charge in [0.25, 0.3) is 5.91 Å². The minimum absolute atomic E-state index is 0.299. The normalized spacial score (nSPS) is 10.3. The zero-order chi connectivity index (χ0) is 19.2. The van der Waals surface area contributed by atoms with E-state index in [4.69, 9.17) is 16.3 Å². The zero-order valence-electron chi connectivity index (χ0n) is 15.1. The van der Waals surface area contributed by atoms with E-state index < -0.39 is 0 Å². The van der Waals surface area contributed by atoms with Crippen molar-refractivity contribution in [2.24, 2.45) is 0 Å². The fourth-order valence-electron chi connectivity index (χ4n) is 2.48. The lowest BCUT2D eigenvalue weighted by atomic mass is 10.2. The van der Waals surface area contributed by atoms with Crippen LogP contribution in [0, 0.1) is 6.92 Å². The van der Waals surface area contributed by atoms with E-state index in [0.717, 1.165) is 16.9 Å². The van der Waals surface area contributed by atoms with Gasteiger partial charge in [-0.15, -0.1) is 0 Å². The summed E-state index contributed by atoms with van der Waals surface area (Å²) in [5.74, 6) is 0.329. The van der Waals surface area contributed by atoms with Crippen molar-refractivity contribution in [2.45, 2.75) is 13.8 Å². The van der Waals surface area contributed by atoms with E-state index in [-0.39, 0.29) is 5.91 Å². The van der Waals surface area contributed by atoms with Crippen molar-refractivity contribution in [2.75, 3.05) is 17.2 Å². The standard InChI is InChI=1S/C21H20ClN3O2/c1-3-27-20-7-5-4-6-18(20)25-21(26)19-11-10-16(13-23-19)24-15-9-8-14(2)17(22)12-15/h4-13,24H,3H2,1-2H3,(H,25,26). The van der Waals surface area contributed by atoms with E-state index >= 15 is 0 Å². The number of aromatic nitrogens is 1. The maximum Gasteiger partial charge on any atom is 0.274 e. The first-order valence-electron chi connectivity index (χ1n) is 8.59. The molecular formula is C21H20ClN3O2. The number of amides is 1. The molecule has 138 valence electrons. The van der Waals surface area contributed by atoms with Gasteiger partial charge in [0.15, 0.2) is 0 Å². The van der Waals surface area contributed by atoms with Gasteiger partial charge in [-0.2, -0.15) is 0 Å². The number of halogens is 1. The second-order valence-corrected chi connectivity index (χ2v) is 6.31. The maximum atomic E-state index is 12.5. The molecule has 2 N–H and O–H groups in total. The maximum absolute atomic E-state index is 12.5. The van der Waals surface area contributed by atoms with Crippen molar-refractivity contribution >= 4 is 34.6 Å². The lowest BCUT2D eigenvalue weighted by Crippen LogP contribution is -2.14. The molecule has 0 atom stereocenters. The van der Waals surface area contributed by atoms with Gasteiger partial charge in [0, 0.05) is 10.7 Å². The van der Waals surface area contributed by atoms with E-state index in [0.29, 0.717) is 28.8 Å². The molecule has 6 heteroatoms. The van der Waals surface area contributed by atoms with Crippen LogP contribution in [0.4, 0.5) is 17.1 Å². The summed E-state index contributed by atoms with van der Waals surface area (Å²) >= 11 is 6.14. The van der Waals surface area contributed by atoms with E-state index in [1.165, 1.54) is 0 Å². The largest absolute Gasteiger partial charge is 0.492 e. The predicted octanol–water partition coefficient (Wildman–Crippen LogP) is 5.44. The Morgan fingerprint density at radius 3 is 2.59 bits per heavy atom. The van der Waals surface area contributed by atoms with Crippen molar-refractivity contribution in [3.05, 3.63) is 77.1 Å². The Morgan fingerprint density at radius 2 is 1.89 bits per heavy atom. The Morgan fingerprint density at radius 1 is 1.11 bits per heavy atom. The quantitative estimate of drug-likeness (QED) is 0.597. The molecule has 0 saturated heterocycles. The number of nitrogens with one attached hydrogen (secondary N) is 2. The third-order valence-corrected chi connectivity index (χ3v) is 4.30. The first-order valence-corrected chi connectivity index (χ1v) is 8.97. The fourth-order valence-corrected chi connectivity index (χ4v) is 2.66. The third kappa shape index (κ3) is 4.77. The molecule has 0 spiro atoms. The van der Waals surface area contributed by atoms with Crippen LogP contribution in [0.25, 0.3) is 0 Å². The summed E-state index contributed by atoms with van der Waals surface area (Å²) in [6.45, 7) is 4.37. The van der Waals surface area contributed by atoms with Crippen LogP contribution in [-0.4, -0.2) is 17.5 Å². The highest BCUT2D eigenvalue weighted by molar-refractivity contribution is 6.31. The van der Waals surface area contributed by atoms with Gasteiger partial charge in [-0.3, -0.25) is 4.79 Å². The van der Waals surface area contributed by atoms with E-state index in [9.17, 15) is 4.79 Å². The molecule has 0 fully saturated rings. The van der Waals surface area contributed by atoms with Gasteiger partial charge in [0.1, 0.15) is 11.4 Å². The van der Waals surface area contributed by atoms with Crippen LogP contribution in [0.5, 0.6) is 5.75 Å². The number of ether oxygens (including phenoxy) is 1. The Balaban J connectivity index is 1.69. The van der Waals surface area contributed by atoms with Crippen molar-refractivity contribution in [1.82, 2.24) is 4.98 Å². The van der Waals surface area contributed by atoms with E-state index in [1.54, 1.807) is 24.4 Å². The van der Waals surface area contributed by atoms with Crippen LogP contribution in [0.15, 0.2) is 60.8 Å². The van der Waals surface area contributed by atoms with Crippen LogP contribution in [-0.2, 0) is 0 Å². The van der Waals surface area contributed by atoms with Crippen molar-refractivity contribution in [1.29, 1.82) is 0 Å². The van der Waals surface area contributed by atoms with Crippen LogP contribution in [0.2, 0.25) is 5.02 Å². The van der Waals surface area contributed by atoms with Gasteiger partial charge in [0.2, 0.25) is 0 Å². The molecule has 0 radical (unpaired) electrons. The monoisotopic (exact) mass is 381 g/mol. The molecule has 27 heavy (non-hydrogen) atoms. The number of rotatable bonds is 6. The molecule has 1 aromatic heterocycles. The second kappa shape index (κ2) is 8.56. The molecule has 1 heterocycles. The van der Waals surface area contributed by atoms with Crippen LogP contribution in [0.1, 0.15) is 23.0 Å². The van der Waals surface area contributed by atoms with Crippen molar-refractivity contribution < 1.29 is 9.53 Å². The van der Waals surface area contributed by atoms with Gasteiger partial charge >= 0.3 is 0 Å². The molecule has 3 aromatic rings. The molecule has 5 nitrogen and oxygen atoms in total. The SMILES string of the molecule is CCOc1ccccc1NC(=O)c1ccc(Nc2ccc(C)c(Cl)c2)cn1. The molecular weight excluding hydrogens is 362 g/mol. The Kier molecular flexibility index (Phi) is 5.94. The summed E-state index contributed by atoms with van der Waals surface area (Å²) in [6, 6.07) is 16.5. The number of hydrogen-bond donors (Lipinski definition) is 2. The molecule has 2 aromatic carbocycles. The highest BCUT2D eigenvalue weighted by Crippen LogP contribution is 2.25. The molecule has 0 aliphatic heterocycles. The average Bonchev–Trinajstić information content (AvgIpc) is 2.67. The average molecular weight is 382 g/mol. The molecule has 0 bridgehead atoms. The van der Waals surface area contributed by atoms with Crippen LogP contribution in [0.3, 0.4) is 0 Å². The van der Waals surface area contributed by atoms with Gasteiger partial charge < -0.3 is 15.4 Å². The van der Waals surface area contributed by atoms with Gasteiger partial charge in [-0.1, -0.05) is 29.8 Å².